The van der Waals surface area contributed by atoms with E-state index in [1.165, 1.54) is 38.5 Å². The van der Waals surface area contributed by atoms with Crippen molar-refractivity contribution >= 4 is 35.2 Å². The van der Waals surface area contributed by atoms with E-state index in [1.807, 2.05) is 0 Å². The topological polar surface area (TPSA) is 114 Å². The lowest BCUT2D eigenvalue weighted by molar-refractivity contribution is -0.133. The molecule has 0 unspecified atom stereocenters. The summed E-state index contributed by atoms with van der Waals surface area (Å²) in [5.41, 5.74) is 2.95. The highest BCUT2D eigenvalue weighted by molar-refractivity contribution is 6.46. The Labute approximate surface area is 136 Å². The summed E-state index contributed by atoms with van der Waals surface area (Å²) in [7, 11) is 2.42. The van der Waals surface area contributed by atoms with Gasteiger partial charge in [-0.15, -0.1) is 0 Å². The van der Waals surface area contributed by atoms with E-state index >= 15 is 0 Å². The number of hydrazone groups is 1. The van der Waals surface area contributed by atoms with Gasteiger partial charge < -0.3 is 9.47 Å². The highest BCUT2D eigenvalue weighted by Gasteiger charge is 2.55. The van der Waals surface area contributed by atoms with Gasteiger partial charge >= 0.3 is 11.9 Å². The zero-order valence-electron chi connectivity index (χ0n) is 12.8. The van der Waals surface area contributed by atoms with Gasteiger partial charge in [0.05, 0.1) is 25.5 Å². The normalized spacial score (nSPS) is 21.9. The Balaban J connectivity index is 1.89. The third-order valence-electron chi connectivity index (χ3n) is 3.87. The van der Waals surface area contributed by atoms with Crippen molar-refractivity contribution in [3.8, 4) is 0 Å². The number of carbonyl (C=O) groups is 4. The minimum absolute atomic E-state index is 0.130. The van der Waals surface area contributed by atoms with Gasteiger partial charge in [0.25, 0.3) is 5.91 Å². The first-order chi connectivity index (χ1) is 11.5. The number of hydrogen-bond acceptors (Lipinski definition) is 8. The van der Waals surface area contributed by atoms with Crippen LogP contribution in [0.5, 0.6) is 0 Å². The molecule has 2 aliphatic heterocycles. The van der Waals surface area contributed by atoms with E-state index in [9.17, 15) is 19.2 Å². The maximum atomic E-state index is 12.6. The minimum Gasteiger partial charge on any atom is -0.465 e. The molecule has 2 aliphatic rings. The predicted molar refractivity (Wildman–Crippen MR) is 80.1 cm³/mol. The smallest absolute Gasteiger partial charge is 0.355 e. The third-order valence-corrected chi connectivity index (χ3v) is 3.87. The van der Waals surface area contributed by atoms with Crippen molar-refractivity contribution in [1.82, 2.24) is 5.43 Å². The highest BCUT2D eigenvalue weighted by Crippen LogP contribution is 2.30. The molecule has 1 aromatic rings. The minimum atomic E-state index is -1.02. The zero-order chi connectivity index (χ0) is 17.4. The molecule has 1 saturated heterocycles. The van der Waals surface area contributed by atoms with Gasteiger partial charge in [0, 0.05) is 0 Å². The number of methoxy groups -OCH3 is 2. The van der Waals surface area contributed by atoms with Gasteiger partial charge in [0.2, 0.25) is 5.91 Å². The van der Waals surface area contributed by atoms with E-state index < -0.39 is 35.7 Å². The van der Waals surface area contributed by atoms with Crippen LogP contribution in [0.15, 0.2) is 29.4 Å². The average Bonchev–Trinajstić information content (AvgIpc) is 3.14. The molecule has 24 heavy (non-hydrogen) atoms. The van der Waals surface area contributed by atoms with E-state index in [0.717, 1.165) is 4.90 Å². The number of benzene rings is 1. The fraction of sp³-hybridized carbons (Fsp3) is 0.267. The van der Waals surface area contributed by atoms with Crippen molar-refractivity contribution in [3.63, 3.8) is 0 Å². The van der Waals surface area contributed by atoms with E-state index in [4.69, 9.17) is 0 Å². The van der Waals surface area contributed by atoms with E-state index in [0.29, 0.717) is 0 Å². The van der Waals surface area contributed by atoms with E-state index in [1.54, 1.807) is 0 Å². The van der Waals surface area contributed by atoms with Crippen LogP contribution in [-0.4, -0.2) is 49.7 Å². The number of nitrogens with one attached hydrogen (secondary N) is 1. The molecule has 1 N–H and O–H groups in total. The Bertz CT molecular complexity index is 770. The molecule has 0 bridgehead atoms. The van der Waals surface area contributed by atoms with Gasteiger partial charge in [0.1, 0.15) is 12.0 Å². The number of anilines is 1. The molecule has 1 fully saturated rings. The molecule has 9 nitrogen and oxygen atoms in total. The Kier molecular flexibility index (Phi) is 3.76. The number of hydrogen-bond donors (Lipinski definition) is 1. The summed E-state index contributed by atoms with van der Waals surface area (Å²) in [6, 6.07) is 4.86. The van der Waals surface area contributed by atoms with Crippen molar-refractivity contribution < 1.29 is 28.7 Å². The lowest BCUT2D eigenvalue weighted by Crippen LogP contribution is -2.36. The molecule has 1 aromatic carbocycles. The molecule has 0 saturated carbocycles. The predicted octanol–water partition coefficient (Wildman–Crippen LogP) is -0.537. The van der Waals surface area contributed by atoms with Crippen molar-refractivity contribution in [2.45, 2.75) is 6.04 Å². The Morgan fingerprint density at radius 2 is 1.67 bits per heavy atom. The number of nitrogens with zero attached hydrogens (tertiary/aromatic N) is 2. The Hall–Kier alpha value is -3.23. The quantitative estimate of drug-likeness (QED) is 0.584. The van der Waals surface area contributed by atoms with E-state index in [-0.39, 0.29) is 17.0 Å². The molecule has 0 aliphatic carbocycles. The molecule has 9 heteroatoms. The first-order valence-electron chi connectivity index (χ1n) is 6.97. The monoisotopic (exact) mass is 331 g/mol. The van der Waals surface area contributed by atoms with Crippen LogP contribution in [0.25, 0.3) is 0 Å². The van der Waals surface area contributed by atoms with Crippen LogP contribution < -0.4 is 10.3 Å². The number of amides is 2. The summed E-state index contributed by atoms with van der Waals surface area (Å²) < 4.78 is 9.17. The van der Waals surface area contributed by atoms with Gasteiger partial charge in [0.15, 0.2) is 5.71 Å². The second kappa shape index (κ2) is 5.76. The van der Waals surface area contributed by atoms with Crippen molar-refractivity contribution in [2.75, 3.05) is 19.1 Å². The molecule has 2 amide bonds. The molecule has 3 rings (SSSR count). The maximum Gasteiger partial charge on any atom is 0.355 e. The second-order valence-electron chi connectivity index (χ2n) is 5.12. The largest absolute Gasteiger partial charge is 0.465 e. The van der Waals surface area contributed by atoms with Gasteiger partial charge in [-0.1, -0.05) is 0 Å². The summed E-state index contributed by atoms with van der Waals surface area (Å²) in [5.74, 6) is -3.42. The number of fused-ring (bicyclic) bond motifs is 1. The highest BCUT2D eigenvalue weighted by atomic mass is 16.5. The lowest BCUT2D eigenvalue weighted by atomic mass is 9.99. The van der Waals surface area contributed by atoms with Crippen LogP contribution in [0.2, 0.25) is 0 Å². The summed E-state index contributed by atoms with van der Waals surface area (Å²) in [6.07, 6.45) is 0. The molecule has 0 radical (unpaired) electrons. The number of ether oxygens (including phenoxy) is 2. The number of carbonyl (C=O) groups excluding carboxylic acids is 4. The molecule has 0 spiro atoms. The lowest BCUT2D eigenvalue weighted by Gasteiger charge is -2.15. The van der Waals surface area contributed by atoms with Gasteiger partial charge in [-0.3, -0.25) is 15.0 Å². The van der Waals surface area contributed by atoms with Gasteiger partial charge in [-0.2, -0.15) is 5.10 Å². The first kappa shape index (κ1) is 15.7. The molecule has 2 atom stereocenters. The summed E-state index contributed by atoms with van der Waals surface area (Å²) in [5, 5.41) is 3.73. The fourth-order valence-corrected chi connectivity index (χ4v) is 2.68. The van der Waals surface area contributed by atoms with Crippen LogP contribution >= 0.6 is 0 Å². The van der Waals surface area contributed by atoms with Gasteiger partial charge in [-0.05, 0) is 24.3 Å². The molecule has 0 aromatic heterocycles. The second-order valence-corrected chi connectivity index (χ2v) is 5.12. The summed E-state index contributed by atoms with van der Waals surface area (Å²) in [6.45, 7) is 0. The number of imide groups is 1. The van der Waals surface area contributed by atoms with E-state index in [2.05, 4.69) is 20.0 Å². The van der Waals surface area contributed by atoms with Crippen molar-refractivity contribution in [2.24, 2.45) is 11.0 Å². The molecular weight excluding hydrogens is 318 g/mol. The van der Waals surface area contributed by atoms with Crippen molar-refractivity contribution in [1.29, 1.82) is 0 Å². The summed E-state index contributed by atoms with van der Waals surface area (Å²) in [4.78, 5) is 49.1. The van der Waals surface area contributed by atoms with Crippen LogP contribution in [0.3, 0.4) is 0 Å². The van der Waals surface area contributed by atoms with Crippen LogP contribution in [0, 0.1) is 5.92 Å². The van der Waals surface area contributed by atoms with Crippen LogP contribution in [0.1, 0.15) is 10.4 Å². The summed E-state index contributed by atoms with van der Waals surface area (Å²) >= 11 is 0. The Morgan fingerprint density at radius 1 is 1.04 bits per heavy atom. The number of esters is 2. The molecular formula is C15H13N3O6. The molecule has 124 valence electrons. The fourth-order valence-electron chi connectivity index (χ4n) is 2.68. The Morgan fingerprint density at radius 3 is 2.25 bits per heavy atom. The average molecular weight is 331 g/mol. The van der Waals surface area contributed by atoms with Crippen molar-refractivity contribution in [3.05, 3.63) is 29.8 Å². The first-order valence-corrected chi connectivity index (χ1v) is 6.97. The standard InChI is InChI=1S/C15H13N3O6/c1-23-14(21)7-3-5-8(6-4-7)18-12(19)9-10(13(18)20)16-17-11(9)15(22)24-2/h3-6,9-10,16H,1-2H3/t9-,10+/m0/s1. The maximum absolute atomic E-state index is 12.6. The van der Waals surface area contributed by atoms with Crippen LogP contribution in [0.4, 0.5) is 5.69 Å². The van der Waals surface area contributed by atoms with Gasteiger partial charge in [-0.25, -0.2) is 14.5 Å². The number of rotatable bonds is 3. The third kappa shape index (κ3) is 2.21. The zero-order valence-corrected chi connectivity index (χ0v) is 12.8. The van der Waals surface area contributed by atoms with Crippen LogP contribution in [-0.2, 0) is 23.9 Å². The SMILES string of the molecule is COC(=O)C1=NN[C@H]2C(=O)N(c3ccc(C(=O)OC)cc3)C(=O)[C@H]12. The molecule has 2 heterocycles.